The quantitative estimate of drug-likeness (QED) is 0.0573. The van der Waals surface area contributed by atoms with E-state index in [2.05, 4.69) is 66.5 Å². The summed E-state index contributed by atoms with van der Waals surface area (Å²) in [6, 6.07) is 4.20. The van der Waals surface area contributed by atoms with Crippen molar-refractivity contribution in [2.45, 2.75) is 80.6 Å². The van der Waals surface area contributed by atoms with Crippen LogP contribution < -0.4 is 11.7 Å². The third-order valence-electron chi connectivity index (χ3n) is 4.92. The summed E-state index contributed by atoms with van der Waals surface area (Å²) in [5, 5.41) is 6.10. The Labute approximate surface area is 265 Å². The van der Waals surface area contributed by atoms with Crippen molar-refractivity contribution in [3.8, 4) is 0 Å². The van der Waals surface area contributed by atoms with Crippen LogP contribution in [0.5, 0.6) is 0 Å². The van der Waals surface area contributed by atoms with E-state index in [1.54, 1.807) is 32.0 Å². The molecular formula is C32H59N5O3S2. The van der Waals surface area contributed by atoms with E-state index in [0.717, 1.165) is 49.0 Å². The molecule has 0 saturated heterocycles. The van der Waals surface area contributed by atoms with Crippen molar-refractivity contribution in [2.75, 3.05) is 32.8 Å². The van der Waals surface area contributed by atoms with Crippen molar-refractivity contribution in [2.24, 2.45) is 16.8 Å². The summed E-state index contributed by atoms with van der Waals surface area (Å²) in [4.78, 5) is 21.5. The monoisotopic (exact) mass is 625 g/mol. The second-order valence-electron chi connectivity index (χ2n) is 8.15. The third kappa shape index (κ3) is 23.1. The minimum absolute atomic E-state index is 0.317. The molecule has 1 aromatic heterocycles. The largest absolute Gasteiger partial charge is 0.385 e. The van der Waals surface area contributed by atoms with Crippen LogP contribution in [0.15, 0.2) is 59.8 Å². The van der Waals surface area contributed by atoms with E-state index in [1.165, 1.54) is 46.6 Å². The lowest BCUT2D eigenvalue weighted by atomic mass is 9.94. The lowest BCUT2D eigenvalue weighted by Gasteiger charge is -2.19. The number of rotatable bonds is 8. The molecule has 1 aromatic rings. The topological polar surface area (TPSA) is 116 Å². The fraction of sp³-hybridized carbons (Fsp3) is 0.531. The number of amidine groups is 1. The summed E-state index contributed by atoms with van der Waals surface area (Å²) >= 11 is 2.84. The van der Waals surface area contributed by atoms with E-state index in [4.69, 9.17) is 11.7 Å². The van der Waals surface area contributed by atoms with E-state index in [0.29, 0.717) is 10.9 Å². The number of ether oxygens (including phenoxy) is 1. The van der Waals surface area contributed by atoms with Crippen LogP contribution in [0.25, 0.3) is 5.03 Å². The summed E-state index contributed by atoms with van der Waals surface area (Å²) in [5.41, 5.74) is 4.45. The number of aromatic nitrogens is 1. The molecule has 0 radical (unpaired) electrons. The van der Waals surface area contributed by atoms with Gasteiger partial charge in [0.15, 0.2) is 11.5 Å². The third-order valence-corrected chi connectivity index (χ3v) is 6.67. The Hall–Kier alpha value is -2.53. The Morgan fingerprint density at radius 3 is 1.95 bits per heavy atom. The van der Waals surface area contributed by atoms with Crippen LogP contribution >= 0.6 is 23.5 Å². The number of allylic oxidation sites excluding steroid dienone is 5. The number of methoxy groups -OCH3 is 1. The molecule has 0 aromatic carbocycles. The molecule has 4 N–H and O–H groups in total. The molecule has 0 bridgehead atoms. The first-order valence-corrected chi connectivity index (χ1v) is 16.4. The number of hydrogen-bond donors (Lipinski definition) is 2. The van der Waals surface area contributed by atoms with Crippen LogP contribution in [0.2, 0.25) is 0 Å². The van der Waals surface area contributed by atoms with Gasteiger partial charge in [0.25, 0.3) is 0 Å². The molecule has 242 valence electrons. The first kappa shape index (κ1) is 46.4. The predicted octanol–water partition coefficient (Wildman–Crippen LogP) is 7.74. The van der Waals surface area contributed by atoms with Crippen molar-refractivity contribution in [3.05, 3.63) is 66.1 Å². The highest BCUT2D eigenvalue weighted by Crippen LogP contribution is 2.33. The van der Waals surface area contributed by atoms with Crippen molar-refractivity contribution in [1.82, 2.24) is 9.58 Å². The average molecular weight is 626 g/mol. The second-order valence-corrected chi connectivity index (χ2v) is 9.93. The van der Waals surface area contributed by atoms with E-state index in [-0.39, 0.29) is 0 Å². The molecule has 8 nitrogen and oxygen atoms in total. The van der Waals surface area contributed by atoms with Crippen LogP contribution in [-0.2, 0) is 14.3 Å². The smallest absolute Gasteiger partial charge is 0.196 e. The van der Waals surface area contributed by atoms with Gasteiger partial charge in [0.2, 0.25) is 0 Å². The summed E-state index contributed by atoms with van der Waals surface area (Å²) < 4.78 is 6.73. The summed E-state index contributed by atoms with van der Waals surface area (Å²) in [5.74, 6) is 10.5. The fourth-order valence-electron chi connectivity index (χ4n) is 3.00. The Morgan fingerprint density at radius 2 is 1.67 bits per heavy atom. The van der Waals surface area contributed by atoms with E-state index in [1.807, 2.05) is 40.0 Å². The molecule has 0 amide bonds. The standard InChI is InChI=1S/C16H21NOS.C4H10N4OS.C4H8.C3H8O.C3H6.C2H6/c1-12-9-10-13(2)17(12)16(19-3)15(11-18)14-7-5-4-6-8-14;1-8(6)4(7-5)10-3-2-9;2*1-3-4-2;1-3-2;1-2/h7,9-11H,4-6,8H2,1-3H3;2H,3,5-6H2,1H3;3H,1,4H2,2H3;3H2,1-2H3;3H,1H2,2H3;1-2H3/b16-15-;7-4+;;;;. The lowest BCUT2D eigenvalue weighted by molar-refractivity contribution is -0.106. The summed E-state index contributed by atoms with van der Waals surface area (Å²) in [6.07, 6.45) is 15.3. The van der Waals surface area contributed by atoms with Gasteiger partial charge in [-0.05, 0) is 83.8 Å². The number of carbonyl (C=O) groups excluding carboxylic acids is 2. The maximum atomic E-state index is 11.6. The highest BCUT2D eigenvalue weighted by Gasteiger charge is 2.16. The molecular weight excluding hydrogens is 567 g/mol. The molecule has 1 aliphatic rings. The Balaban J connectivity index is -0.000000263. The zero-order chi connectivity index (χ0) is 33.3. The average Bonchev–Trinajstić information content (AvgIpc) is 3.35. The Bertz CT molecular complexity index is 902. The SMILES string of the molecule is C=CC.C=CCC.CC.CCOC.CN(N)/C(=N\N)SCC=O.CS/C(=C(/C=O)C1=CCCCC1)n1c(C)ccc1C. The van der Waals surface area contributed by atoms with Gasteiger partial charge < -0.3 is 19.9 Å². The van der Waals surface area contributed by atoms with Crippen molar-refractivity contribution in [3.63, 3.8) is 0 Å². The van der Waals surface area contributed by atoms with Gasteiger partial charge in [0.05, 0.1) is 10.8 Å². The number of hydrazine groups is 1. The van der Waals surface area contributed by atoms with Gasteiger partial charge in [-0.1, -0.05) is 50.8 Å². The lowest BCUT2D eigenvalue weighted by Crippen LogP contribution is -2.32. The molecule has 0 saturated carbocycles. The number of thioether (sulfide) groups is 2. The number of nitrogens with two attached hydrogens (primary N) is 2. The van der Waals surface area contributed by atoms with Gasteiger partial charge in [0, 0.05) is 37.7 Å². The maximum Gasteiger partial charge on any atom is 0.196 e. The molecule has 0 fully saturated rings. The zero-order valence-corrected chi connectivity index (χ0v) is 29.6. The molecule has 0 spiro atoms. The first-order chi connectivity index (χ1) is 20.1. The Kier molecular flexibility index (Phi) is 38.3. The van der Waals surface area contributed by atoms with Gasteiger partial charge in [-0.2, -0.15) is 5.10 Å². The second kappa shape index (κ2) is 34.7. The highest BCUT2D eigenvalue weighted by molar-refractivity contribution is 8.14. The molecule has 1 aliphatic carbocycles. The van der Waals surface area contributed by atoms with Crippen LogP contribution in [0, 0.1) is 13.8 Å². The number of nitrogens with zero attached hydrogens (tertiary/aromatic N) is 3. The molecule has 0 atom stereocenters. The van der Waals surface area contributed by atoms with Crippen molar-refractivity contribution < 1.29 is 14.3 Å². The normalized spacial score (nSPS) is 12.1. The minimum Gasteiger partial charge on any atom is -0.385 e. The minimum atomic E-state index is 0.317. The van der Waals surface area contributed by atoms with Gasteiger partial charge in [-0.3, -0.25) is 9.80 Å². The van der Waals surface area contributed by atoms with Crippen molar-refractivity contribution in [1.29, 1.82) is 0 Å². The number of hydrogen-bond acceptors (Lipinski definition) is 8. The van der Waals surface area contributed by atoms with Gasteiger partial charge in [0.1, 0.15) is 6.29 Å². The molecule has 42 heavy (non-hydrogen) atoms. The molecule has 1 heterocycles. The summed E-state index contributed by atoms with van der Waals surface area (Å²) in [6.45, 7) is 21.7. The predicted molar refractivity (Wildman–Crippen MR) is 191 cm³/mol. The van der Waals surface area contributed by atoms with Gasteiger partial charge in [-0.25, -0.2) is 5.84 Å². The molecule has 2 rings (SSSR count). The van der Waals surface area contributed by atoms with Gasteiger partial charge >= 0.3 is 0 Å². The van der Waals surface area contributed by atoms with Gasteiger partial charge in [-0.15, -0.1) is 24.9 Å². The molecule has 0 aliphatic heterocycles. The van der Waals surface area contributed by atoms with E-state index < -0.39 is 0 Å². The van der Waals surface area contributed by atoms with E-state index >= 15 is 0 Å². The Morgan fingerprint density at radius 1 is 1.17 bits per heavy atom. The molecule has 0 unspecified atom stereocenters. The molecule has 10 heteroatoms. The fourth-order valence-corrected chi connectivity index (χ4v) is 4.36. The number of aldehydes is 2. The maximum absolute atomic E-state index is 11.6. The number of hydrazone groups is 1. The first-order valence-electron chi connectivity index (χ1n) is 14.2. The van der Waals surface area contributed by atoms with Crippen LogP contribution in [-0.4, -0.2) is 60.1 Å². The van der Waals surface area contributed by atoms with Crippen LogP contribution in [0.4, 0.5) is 0 Å². The summed E-state index contributed by atoms with van der Waals surface area (Å²) in [7, 11) is 3.28. The van der Waals surface area contributed by atoms with Crippen LogP contribution in [0.3, 0.4) is 0 Å². The number of carbonyl (C=O) groups is 2. The highest BCUT2D eigenvalue weighted by atomic mass is 32.2. The van der Waals surface area contributed by atoms with Crippen LogP contribution in [0.1, 0.15) is 78.1 Å². The zero-order valence-electron chi connectivity index (χ0n) is 27.9. The van der Waals surface area contributed by atoms with Crippen molar-refractivity contribution >= 4 is 46.3 Å². The number of aryl methyl sites for hydroxylation is 2. The van der Waals surface area contributed by atoms with E-state index in [9.17, 15) is 9.59 Å².